The monoisotopic (exact) mass is 473 g/mol. The fourth-order valence-electron chi connectivity index (χ4n) is 3.56. The molecule has 1 aliphatic heterocycles. The van der Waals surface area contributed by atoms with Crippen molar-refractivity contribution in [3.05, 3.63) is 63.2 Å². The molecule has 1 fully saturated rings. The number of fused-ring (bicyclic) bond motifs is 1. The highest BCUT2D eigenvalue weighted by molar-refractivity contribution is 9.10. The molecule has 0 spiro atoms. The van der Waals surface area contributed by atoms with Crippen molar-refractivity contribution in [1.29, 1.82) is 0 Å². The highest BCUT2D eigenvalue weighted by Crippen LogP contribution is 2.28. The van der Waals surface area contributed by atoms with Gasteiger partial charge in [0.25, 0.3) is 0 Å². The van der Waals surface area contributed by atoms with Crippen molar-refractivity contribution >= 4 is 45.0 Å². The highest BCUT2D eigenvalue weighted by Gasteiger charge is 2.19. The quantitative estimate of drug-likeness (QED) is 0.406. The van der Waals surface area contributed by atoms with E-state index >= 15 is 0 Å². The predicted octanol–water partition coefficient (Wildman–Crippen LogP) is 3.43. The molecule has 3 heterocycles. The second kappa shape index (κ2) is 9.17. The maximum atomic E-state index is 5.99. The van der Waals surface area contributed by atoms with Gasteiger partial charge in [-0.2, -0.15) is 9.61 Å². The normalized spacial score (nSPS) is 15.7. The summed E-state index contributed by atoms with van der Waals surface area (Å²) in [6.07, 6.45) is 4.00. The average molecular weight is 474 g/mol. The van der Waals surface area contributed by atoms with Crippen LogP contribution in [-0.4, -0.2) is 27.7 Å². The van der Waals surface area contributed by atoms with Crippen LogP contribution in [0.1, 0.15) is 35.6 Å². The van der Waals surface area contributed by atoms with E-state index < -0.39 is 0 Å². The maximum absolute atomic E-state index is 5.99. The van der Waals surface area contributed by atoms with Gasteiger partial charge in [0.1, 0.15) is 5.82 Å². The molecule has 1 aliphatic rings. The van der Waals surface area contributed by atoms with Crippen molar-refractivity contribution in [1.82, 2.24) is 19.9 Å². The van der Waals surface area contributed by atoms with Crippen LogP contribution in [0.4, 0.5) is 5.82 Å². The molecule has 1 aromatic carbocycles. The van der Waals surface area contributed by atoms with Crippen LogP contribution in [-0.2, 0) is 6.54 Å². The van der Waals surface area contributed by atoms with Gasteiger partial charge in [0.15, 0.2) is 5.65 Å². The number of hydrogen-bond donors (Lipinski definition) is 4. The Balaban J connectivity index is 1.56. The van der Waals surface area contributed by atoms with Gasteiger partial charge in [-0.05, 0) is 53.0 Å². The summed E-state index contributed by atoms with van der Waals surface area (Å²) in [5, 5.41) is 18.6. The lowest BCUT2D eigenvalue weighted by Crippen LogP contribution is -2.27. The largest absolute Gasteiger partial charge is 0.398 e. The minimum atomic E-state index is 0.470. The lowest BCUT2D eigenvalue weighted by atomic mass is 9.94. The van der Waals surface area contributed by atoms with Crippen molar-refractivity contribution < 1.29 is 0 Å². The summed E-state index contributed by atoms with van der Waals surface area (Å²) in [4.78, 5) is 4.88. The van der Waals surface area contributed by atoms with Crippen LogP contribution >= 0.6 is 27.9 Å². The smallest absolute Gasteiger partial charge is 0.171 e. The Morgan fingerprint density at radius 2 is 2.07 bits per heavy atom. The number of piperidine rings is 1. The zero-order valence-electron chi connectivity index (χ0n) is 15.9. The molecule has 4 rings (SSSR count). The van der Waals surface area contributed by atoms with Crippen molar-refractivity contribution in [2.45, 2.75) is 25.3 Å². The summed E-state index contributed by atoms with van der Waals surface area (Å²) in [5.74, 6) is 1.41. The number of hydrogen-bond acceptors (Lipinski definition) is 7. The second-order valence-electron chi connectivity index (χ2n) is 7.08. The summed E-state index contributed by atoms with van der Waals surface area (Å²) < 4.78 is 2.75. The third-order valence-corrected chi connectivity index (χ3v) is 6.11. The Hall–Kier alpha value is -2.07. The molecule has 7 nitrogen and oxygen atoms in total. The molecule has 0 bridgehead atoms. The molecule has 3 aromatic rings. The van der Waals surface area contributed by atoms with E-state index in [1.54, 1.807) is 11.6 Å². The van der Waals surface area contributed by atoms with Crippen LogP contribution in [0.15, 0.2) is 46.4 Å². The number of anilines is 1. The topological polar surface area (TPSA) is 106 Å². The number of halogens is 1. The lowest BCUT2D eigenvalue weighted by Gasteiger charge is -2.23. The summed E-state index contributed by atoms with van der Waals surface area (Å²) in [6, 6.07) is 10.3. The number of benzene rings is 1. The number of nitrogens with two attached hydrogens (primary N) is 2. The molecule has 0 aliphatic carbocycles. The van der Waals surface area contributed by atoms with Gasteiger partial charge >= 0.3 is 0 Å². The van der Waals surface area contributed by atoms with Crippen molar-refractivity contribution in [2.75, 3.05) is 18.4 Å². The Kier molecular flexibility index (Phi) is 6.39. The van der Waals surface area contributed by atoms with Crippen LogP contribution in [0, 0.1) is 0 Å². The van der Waals surface area contributed by atoms with Gasteiger partial charge in [0.05, 0.1) is 10.7 Å². The number of aromatic nitrogens is 3. The number of nitrogens with zero attached hydrogens (tertiary/aromatic N) is 3. The molecule has 0 radical (unpaired) electrons. The lowest BCUT2D eigenvalue weighted by molar-refractivity contribution is 0.453. The first-order chi connectivity index (χ1) is 14.2. The molecular formula is C20H24BrN7S. The number of rotatable bonds is 6. The van der Waals surface area contributed by atoms with Crippen LogP contribution < -0.4 is 21.5 Å². The molecule has 0 saturated carbocycles. The van der Waals surface area contributed by atoms with Crippen LogP contribution in [0.3, 0.4) is 0 Å². The van der Waals surface area contributed by atoms with Crippen molar-refractivity contribution in [3.8, 4) is 0 Å². The Bertz CT molecular complexity index is 1010. The van der Waals surface area contributed by atoms with Gasteiger partial charge in [-0.25, -0.2) is 4.98 Å². The van der Waals surface area contributed by atoms with Crippen LogP contribution in [0.2, 0.25) is 0 Å². The first-order valence-electron chi connectivity index (χ1n) is 9.55. The van der Waals surface area contributed by atoms with Gasteiger partial charge in [0, 0.05) is 35.3 Å². The molecule has 0 unspecified atom stereocenters. The molecule has 0 atom stereocenters. The highest BCUT2D eigenvalue weighted by atomic mass is 79.9. The fourth-order valence-corrected chi connectivity index (χ4v) is 4.19. The Morgan fingerprint density at radius 1 is 1.31 bits per heavy atom. The first kappa shape index (κ1) is 20.2. The van der Waals surface area contributed by atoms with E-state index in [2.05, 4.69) is 49.9 Å². The second-order valence-corrected chi connectivity index (χ2v) is 8.44. The third kappa shape index (κ3) is 4.58. The number of nitrogens with one attached hydrogen (secondary N) is 2. The van der Waals surface area contributed by atoms with Gasteiger partial charge < -0.3 is 16.4 Å². The van der Waals surface area contributed by atoms with Gasteiger partial charge in [0.2, 0.25) is 0 Å². The standard InChI is InChI=1S/C20H24BrN7S/c21-16-11-26-28-19(9-18(27-20(16)28)15-5-7-24-8-6-15)25-10-13-1-3-14(4-2-13)17(22)12-29-23/h1-4,9,11-12,15,24-25H,5-8,10,22-23H2/b17-12-. The zero-order chi connectivity index (χ0) is 20.2. The van der Waals surface area contributed by atoms with Crippen LogP contribution in [0.5, 0.6) is 0 Å². The Labute approximate surface area is 182 Å². The maximum Gasteiger partial charge on any atom is 0.171 e. The van der Waals surface area contributed by atoms with E-state index in [-0.39, 0.29) is 0 Å². The van der Waals surface area contributed by atoms with Crippen molar-refractivity contribution in [3.63, 3.8) is 0 Å². The van der Waals surface area contributed by atoms with Gasteiger partial charge in [-0.3, -0.25) is 5.14 Å². The molecule has 9 heteroatoms. The summed E-state index contributed by atoms with van der Waals surface area (Å²) in [6.45, 7) is 2.75. The summed E-state index contributed by atoms with van der Waals surface area (Å²) in [7, 11) is 0. The van der Waals surface area contributed by atoms with E-state index in [1.165, 1.54) is 0 Å². The SMILES string of the molecule is NS/C=C(\N)c1ccc(CNc2cc(C3CCNCC3)nc3c(Br)cnn23)cc1. The summed E-state index contributed by atoms with van der Waals surface area (Å²) in [5.41, 5.74) is 10.7. The molecule has 1 saturated heterocycles. The molecule has 29 heavy (non-hydrogen) atoms. The van der Waals surface area contributed by atoms with E-state index in [9.17, 15) is 0 Å². The van der Waals surface area contributed by atoms with E-state index in [0.29, 0.717) is 18.2 Å². The van der Waals surface area contributed by atoms with E-state index in [1.807, 2.05) is 16.6 Å². The molecule has 0 amide bonds. The Morgan fingerprint density at radius 3 is 2.79 bits per heavy atom. The van der Waals surface area contributed by atoms with E-state index in [0.717, 1.165) is 70.6 Å². The molecule has 152 valence electrons. The van der Waals surface area contributed by atoms with Gasteiger partial charge in [-0.1, -0.05) is 36.2 Å². The third-order valence-electron chi connectivity index (χ3n) is 5.16. The minimum absolute atomic E-state index is 0.470. The first-order valence-corrected chi connectivity index (χ1v) is 11.3. The predicted molar refractivity (Wildman–Crippen MR) is 123 cm³/mol. The fraction of sp³-hybridized carbons (Fsp3) is 0.300. The molecule has 2 aromatic heterocycles. The van der Waals surface area contributed by atoms with Gasteiger partial charge in [-0.15, -0.1) is 0 Å². The van der Waals surface area contributed by atoms with Crippen molar-refractivity contribution in [2.24, 2.45) is 10.9 Å². The minimum Gasteiger partial charge on any atom is -0.398 e. The van der Waals surface area contributed by atoms with Crippen LogP contribution in [0.25, 0.3) is 11.3 Å². The zero-order valence-corrected chi connectivity index (χ0v) is 18.3. The summed E-state index contributed by atoms with van der Waals surface area (Å²) >= 11 is 4.69. The molecule has 6 N–H and O–H groups in total. The van der Waals surface area contributed by atoms with E-state index in [4.69, 9.17) is 15.9 Å². The average Bonchev–Trinajstić information content (AvgIpc) is 3.14. The molecular weight excluding hydrogens is 450 g/mol.